The Labute approximate surface area is 145 Å². The summed E-state index contributed by atoms with van der Waals surface area (Å²) in [5, 5.41) is 9.21. The molecule has 0 aliphatic heterocycles. The van der Waals surface area contributed by atoms with E-state index in [4.69, 9.17) is 4.74 Å². The van der Waals surface area contributed by atoms with Gasteiger partial charge in [0, 0.05) is 23.4 Å². The average Bonchev–Trinajstić information content (AvgIpc) is 3.03. The first-order valence-corrected chi connectivity index (χ1v) is 8.74. The molecule has 0 atom stereocenters. The molecule has 0 saturated carbocycles. The maximum Gasteiger partial charge on any atom is 0.315 e. The number of hydrogen-bond acceptors (Lipinski definition) is 3. The number of carbonyl (C=O) groups is 1. The van der Waals surface area contributed by atoms with Gasteiger partial charge in [0.25, 0.3) is 0 Å². The van der Waals surface area contributed by atoms with Gasteiger partial charge in [0.15, 0.2) is 0 Å². The van der Waals surface area contributed by atoms with E-state index >= 15 is 0 Å². The maximum atomic E-state index is 11.9. The van der Waals surface area contributed by atoms with Crippen molar-refractivity contribution in [2.45, 2.75) is 13.0 Å². The molecule has 0 aliphatic carbocycles. The van der Waals surface area contributed by atoms with Crippen LogP contribution in [-0.4, -0.2) is 19.7 Å². The van der Waals surface area contributed by atoms with Gasteiger partial charge in [0.05, 0.1) is 7.11 Å². The molecule has 24 heavy (non-hydrogen) atoms. The van der Waals surface area contributed by atoms with Crippen LogP contribution >= 0.6 is 11.3 Å². The third-order valence-corrected chi connectivity index (χ3v) is 4.89. The van der Waals surface area contributed by atoms with E-state index in [1.54, 1.807) is 18.4 Å². The first-order valence-electron chi connectivity index (χ1n) is 7.86. The minimum atomic E-state index is -0.166. The number of hydrogen-bond donors (Lipinski definition) is 2. The number of fused-ring (bicyclic) bond motifs is 1. The molecule has 5 heteroatoms. The lowest BCUT2D eigenvalue weighted by Crippen LogP contribution is -2.36. The van der Waals surface area contributed by atoms with Gasteiger partial charge in [-0.15, -0.1) is 11.3 Å². The summed E-state index contributed by atoms with van der Waals surface area (Å²) >= 11 is 1.74. The van der Waals surface area contributed by atoms with Crippen molar-refractivity contribution in [1.29, 1.82) is 0 Å². The lowest BCUT2D eigenvalue weighted by Gasteiger charge is -2.10. The van der Waals surface area contributed by atoms with Gasteiger partial charge in [0.1, 0.15) is 5.75 Å². The zero-order valence-electron chi connectivity index (χ0n) is 13.5. The zero-order chi connectivity index (χ0) is 16.8. The highest BCUT2D eigenvalue weighted by molar-refractivity contribution is 7.17. The lowest BCUT2D eigenvalue weighted by atomic mass is 10.1. The molecule has 2 aromatic carbocycles. The second kappa shape index (κ2) is 7.84. The number of rotatable bonds is 6. The molecule has 0 bridgehead atoms. The Morgan fingerprint density at radius 1 is 1.04 bits per heavy atom. The molecule has 4 nitrogen and oxygen atoms in total. The monoisotopic (exact) mass is 340 g/mol. The minimum absolute atomic E-state index is 0.166. The Morgan fingerprint density at radius 3 is 2.71 bits per heavy atom. The van der Waals surface area contributed by atoms with E-state index < -0.39 is 0 Å². The summed E-state index contributed by atoms with van der Waals surface area (Å²) < 4.78 is 6.56. The molecule has 3 aromatic rings. The molecule has 3 rings (SSSR count). The summed E-state index contributed by atoms with van der Waals surface area (Å²) in [7, 11) is 1.63. The Bertz CT molecular complexity index is 829. The van der Waals surface area contributed by atoms with E-state index in [2.05, 4.69) is 28.1 Å². The molecule has 1 heterocycles. The summed E-state index contributed by atoms with van der Waals surface area (Å²) in [6.07, 6.45) is 0.825. The Kier molecular flexibility index (Phi) is 5.33. The molecule has 0 unspecified atom stereocenters. The van der Waals surface area contributed by atoms with Crippen LogP contribution in [0.4, 0.5) is 4.79 Å². The highest BCUT2D eigenvalue weighted by atomic mass is 32.1. The van der Waals surface area contributed by atoms with Crippen molar-refractivity contribution in [1.82, 2.24) is 10.6 Å². The van der Waals surface area contributed by atoms with Crippen molar-refractivity contribution in [2.24, 2.45) is 0 Å². The van der Waals surface area contributed by atoms with Gasteiger partial charge < -0.3 is 15.4 Å². The fourth-order valence-electron chi connectivity index (χ4n) is 2.62. The van der Waals surface area contributed by atoms with Crippen LogP contribution in [0.5, 0.6) is 5.75 Å². The Hall–Kier alpha value is -2.53. The van der Waals surface area contributed by atoms with E-state index in [-0.39, 0.29) is 6.03 Å². The fourth-order valence-corrected chi connectivity index (χ4v) is 3.62. The van der Waals surface area contributed by atoms with Crippen LogP contribution < -0.4 is 15.4 Å². The van der Waals surface area contributed by atoms with Crippen molar-refractivity contribution in [2.75, 3.05) is 13.7 Å². The van der Waals surface area contributed by atoms with Crippen LogP contribution in [0.1, 0.15) is 11.1 Å². The van der Waals surface area contributed by atoms with Crippen molar-refractivity contribution in [3.05, 3.63) is 65.0 Å². The molecule has 1 aromatic heterocycles. The van der Waals surface area contributed by atoms with Crippen LogP contribution in [0.15, 0.2) is 53.9 Å². The highest BCUT2D eigenvalue weighted by Crippen LogP contribution is 2.25. The molecule has 2 amide bonds. The van der Waals surface area contributed by atoms with Crippen molar-refractivity contribution in [3.63, 3.8) is 0 Å². The number of methoxy groups -OCH3 is 1. The van der Waals surface area contributed by atoms with E-state index in [0.29, 0.717) is 13.1 Å². The predicted octanol–water partition coefficient (Wildman–Crippen LogP) is 3.95. The van der Waals surface area contributed by atoms with E-state index in [1.807, 2.05) is 36.4 Å². The van der Waals surface area contributed by atoms with Crippen LogP contribution in [0, 0.1) is 0 Å². The van der Waals surface area contributed by atoms with Gasteiger partial charge in [-0.1, -0.05) is 36.4 Å². The predicted molar refractivity (Wildman–Crippen MR) is 98.8 cm³/mol. The van der Waals surface area contributed by atoms with Gasteiger partial charge in [-0.05, 0) is 34.9 Å². The van der Waals surface area contributed by atoms with Crippen molar-refractivity contribution in [3.8, 4) is 5.75 Å². The molecule has 124 valence electrons. The number of ether oxygens (including phenoxy) is 1. The zero-order valence-corrected chi connectivity index (χ0v) is 14.4. The first kappa shape index (κ1) is 16.3. The van der Waals surface area contributed by atoms with E-state index in [9.17, 15) is 4.79 Å². The smallest absolute Gasteiger partial charge is 0.315 e. The standard InChI is InChI=1S/C19H20N2O2S/c1-23-17-8-4-2-6-14(17)12-21-19(22)20-11-10-15-13-24-18-9-5-3-7-16(15)18/h2-9,13H,10-12H2,1H3,(H2,20,21,22). The molecule has 0 spiro atoms. The Morgan fingerprint density at radius 2 is 1.83 bits per heavy atom. The van der Waals surface area contributed by atoms with E-state index in [1.165, 1.54) is 15.6 Å². The van der Waals surface area contributed by atoms with Gasteiger partial charge in [-0.3, -0.25) is 0 Å². The molecular formula is C19H20N2O2S. The summed E-state index contributed by atoms with van der Waals surface area (Å²) in [6.45, 7) is 1.05. The lowest BCUT2D eigenvalue weighted by molar-refractivity contribution is 0.240. The van der Waals surface area contributed by atoms with Crippen LogP contribution in [0.2, 0.25) is 0 Å². The van der Waals surface area contributed by atoms with Crippen LogP contribution in [-0.2, 0) is 13.0 Å². The normalized spacial score (nSPS) is 10.5. The fraction of sp³-hybridized carbons (Fsp3) is 0.211. The van der Waals surface area contributed by atoms with E-state index in [0.717, 1.165) is 17.7 Å². The van der Waals surface area contributed by atoms with Gasteiger partial charge >= 0.3 is 6.03 Å². The number of nitrogens with one attached hydrogen (secondary N) is 2. The quantitative estimate of drug-likeness (QED) is 0.714. The average molecular weight is 340 g/mol. The van der Waals surface area contributed by atoms with Crippen LogP contribution in [0.25, 0.3) is 10.1 Å². The molecule has 0 radical (unpaired) electrons. The van der Waals surface area contributed by atoms with Crippen LogP contribution in [0.3, 0.4) is 0 Å². The summed E-state index contributed by atoms with van der Waals surface area (Å²) in [5.41, 5.74) is 2.24. The molecule has 0 saturated heterocycles. The van der Waals surface area contributed by atoms with Crippen molar-refractivity contribution >= 4 is 27.5 Å². The third kappa shape index (κ3) is 3.86. The third-order valence-electron chi connectivity index (χ3n) is 3.87. The van der Waals surface area contributed by atoms with Gasteiger partial charge in [0.2, 0.25) is 0 Å². The largest absolute Gasteiger partial charge is 0.496 e. The topological polar surface area (TPSA) is 50.4 Å². The summed E-state index contributed by atoms with van der Waals surface area (Å²) in [5.74, 6) is 0.780. The number of para-hydroxylation sites is 1. The molecule has 2 N–H and O–H groups in total. The van der Waals surface area contributed by atoms with Gasteiger partial charge in [-0.2, -0.15) is 0 Å². The molecule has 0 fully saturated rings. The maximum absolute atomic E-state index is 11.9. The molecular weight excluding hydrogens is 320 g/mol. The number of benzene rings is 2. The van der Waals surface area contributed by atoms with Crippen molar-refractivity contribution < 1.29 is 9.53 Å². The van der Waals surface area contributed by atoms with Gasteiger partial charge in [-0.25, -0.2) is 4.79 Å². The number of amides is 2. The highest BCUT2D eigenvalue weighted by Gasteiger charge is 2.06. The number of urea groups is 1. The Balaban J connectivity index is 1.47. The number of thiophene rings is 1. The summed E-state index contributed by atoms with van der Waals surface area (Å²) in [4.78, 5) is 11.9. The summed E-state index contributed by atoms with van der Waals surface area (Å²) in [6, 6.07) is 15.8. The first-order chi connectivity index (χ1) is 11.8. The SMILES string of the molecule is COc1ccccc1CNC(=O)NCCc1csc2ccccc12. The molecule has 0 aliphatic rings. The second-order valence-corrected chi connectivity index (χ2v) is 6.34. The second-order valence-electron chi connectivity index (χ2n) is 5.43. The minimum Gasteiger partial charge on any atom is -0.496 e. The number of carbonyl (C=O) groups excluding carboxylic acids is 1.